The number of terminal acetylenes is 1. The number of benzene rings is 1. The zero-order chi connectivity index (χ0) is 13.4. The number of carboxylic acids is 1. The second-order valence-electron chi connectivity index (χ2n) is 3.55. The SMILES string of the molecule is C#CCCC(=O)Nc1ccc(/C=C/C(=O)O)cc1. The van der Waals surface area contributed by atoms with E-state index in [-0.39, 0.29) is 12.3 Å². The van der Waals surface area contributed by atoms with Crippen molar-refractivity contribution >= 4 is 23.6 Å². The number of amides is 1. The van der Waals surface area contributed by atoms with Crippen LogP contribution in [-0.2, 0) is 9.59 Å². The molecule has 0 saturated heterocycles. The van der Waals surface area contributed by atoms with E-state index in [1.165, 1.54) is 6.08 Å². The van der Waals surface area contributed by atoms with E-state index in [0.717, 1.165) is 11.6 Å². The average molecular weight is 243 g/mol. The second kappa shape index (κ2) is 6.92. The zero-order valence-corrected chi connectivity index (χ0v) is 9.72. The molecule has 2 N–H and O–H groups in total. The van der Waals surface area contributed by atoms with Crippen molar-refractivity contribution in [3.8, 4) is 12.3 Å². The van der Waals surface area contributed by atoms with Crippen molar-refractivity contribution in [2.24, 2.45) is 0 Å². The van der Waals surface area contributed by atoms with E-state index in [0.29, 0.717) is 12.1 Å². The van der Waals surface area contributed by atoms with Crippen molar-refractivity contribution in [2.45, 2.75) is 12.8 Å². The van der Waals surface area contributed by atoms with Crippen LogP contribution in [0.2, 0.25) is 0 Å². The molecule has 1 rings (SSSR count). The van der Waals surface area contributed by atoms with Gasteiger partial charge in [-0.05, 0) is 23.8 Å². The highest BCUT2D eigenvalue weighted by Crippen LogP contribution is 2.11. The Morgan fingerprint density at radius 3 is 2.56 bits per heavy atom. The van der Waals surface area contributed by atoms with Gasteiger partial charge in [-0.3, -0.25) is 4.79 Å². The van der Waals surface area contributed by atoms with E-state index in [4.69, 9.17) is 11.5 Å². The molecule has 0 spiro atoms. The third kappa shape index (κ3) is 4.99. The summed E-state index contributed by atoms with van der Waals surface area (Å²) in [5, 5.41) is 11.2. The van der Waals surface area contributed by atoms with Crippen molar-refractivity contribution in [1.82, 2.24) is 0 Å². The van der Waals surface area contributed by atoms with Gasteiger partial charge in [0.15, 0.2) is 0 Å². The van der Waals surface area contributed by atoms with Crippen LogP contribution >= 0.6 is 0 Å². The molecule has 0 atom stereocenters. The van der Waals surface area contributed by atoms with Gasteiger partial charge >= 0.3 is 5.97 Å². The number of carbonyl (C=O) groups is 2. The molecule has 0 saturated carbocycles. The Kier molecular flexibility index (Phi) is 5.20. The average Bonchev–Trinajstić information content (AvgIpc) is 2.35. The topological polar surface area (TPSA) is 66.4 Å². The summed E-state index contributed by atoms with van der Waals surface area (Å²) in [4.78, 5) is 21.7. The highest BCUT2D eigenvalue weighted by molar-refractivity contribution is 5.91. The first-order chi connectivity index (χ1) is 8.61. The van der Waals surface area contributed by atoms with Crippen LogP contribution in [0, 0.1) is 12.3 Å². The summed E-state index contributed by atoms with van der Waals surface area (Å²) in [6.07, 6.45) is 8.29. The minimum atomic E-state index is -0.998. The lowest BCUT2D eigenvalue weighted by atomic mass is 10.2. The maximum Gasteiger partial charge on any atom is 0.328 e. The monoisotopic (exact) mass is 243 g/mol. The quantitative estimate of drug-likeness (QED) is 0.615. The molecule has 0 aliphatic heterocycles. The molecular formula is C14H13NO3. The largest absolute Gasteiger partial charge is 0.478 e. The Bertz CT molecular complexity index is 495. The minimum absolute atomic E-state index is 0.137. The fraction of sp³-hybridized carbons (Fsp3) is 0.143. The van der Waals surface area contributed by atoms with E-state index in [1.807, 2.05) is 0 Å². The standard InChI is InChI=1S/C14H13NO3/c1-2-3-4-13(16)15-12-8-5-11(6-9-12)7-10-14(17)18/h1,5-10H,3-4H2,(H,15,16)(H,17,18)/b10-7+. The van der Waals surface area contributed by atoms with Gasteiger partial charge in [0, 0.05) is 24.6 Å². The first kappa shape index (κ1) is 13.5. The van der Waals surface area contributed by atoms with E-state index in [1.54, 1.807) is 24.3 Å². The fourth-order valence-electron chi connectivity index (χ4n) is 1.25. The third-order valence-corrected chi connectivity index (χ3v) is 2.11. The number of rotatable bonds is 5. The summed E-state index contributed by atoms with van der Waals surface area (Å²) >= 11 is 0. The van der Waals surface area contributed by atoms with Crippen LogP contribution in [0.1, 0.15) is 18.4 Å². The molecule has 1 aromatic rings. The maximum atomic E-state index is 11.4. The van der Waals surface area contributed by atoms with Crippen LogP contribution in [-0.4, -0.2) is 17.0 Å². The Morgan fingerprint density at radius 2 is 2.00 bits per heavy atom. The predicted molar refractivity (Wildman–Crippen MR) is 69.8 cm³/mol. The van der Waals surface area contributed by atoms with Crippen LogP contribution in [0.5, 0.6) is 0 Å². The molecule has 92 valence electrons. The number of aliphatic carboxylic acids is 1. The van der Waals surface area contributed by atoms with Crippen LogP contribution in [0.3, 0.4) is 0 Å². The van der Waals surface area contributed by atoms with Gasteiger partial charge in [-0.25, -0.2) is 4.79 Å². The molecule has 18 heavy (non-hydrogen) atoms. The molecule has 0 aromatic heterocycles. The second-order valence-corrected chi connectivity index (χ2v) is 3.55. The number of nitrogens with one attached hydrogen (secondary N) is 1. The van der Waals surface area contributed by atoms with Crippen molar-refractivity contribution in [3.05, 3.63) is 35.9 Å². The highest BCUT2D eigenvalue weighted by Gasteiger charge is 2.00. The van der Waals surface area contributed by atoms with Crippen LogP contribution < -0.4 is 5.32 Å². The summed E-state index contributed by atoms with van der Waals surface area (Å²) < 4.78 is 0. The normalized spacial score (nSPS) is 9.94. The molecule has 0 heterocycles. The van der Waals surface area contributed by atoms with E-state index in [2.05, 4.69) is 11.2 Å². The van der Waals surface area contributed by atoms with Gasteiger partial charge in [0.05, 0.1) is 0 Å². The Balaban J connectivity index is 2.58. The smallest absolute Gasteiger partial charge is 0.328 e. The Hall–Kier alpha value is -2.54. The summed E-state index contributed by atoms with van der Waals surface area (Å²) in [7, 11) is 0. The summed E-state index contributed by atoms with van der Waals surface area (Å²) in [5.41, 5.74) is 1.41. The molecule has 1 aromatic carbocycles. The minimum Gasteiger partial charge on any atom is -0.478 e. The number of carboxylic acid groups (broad SMARTS) is 1. The van der Waals surface area contributed by atoms with E-state index < -0.39 is 5.97 Å². The molecule has 0 unspecified atom stereocenters. The fourth-order valence-corrected chi connectivity index (χ4v) is 1.25. The number of carbonyl (C=O) groups excluding carboxylic acids is 1. The van der Waals surface area contributed by atoms with E-state index in [9.17, 15) is 9.59 Å². The molecule has 4 nitrogen and oxygen atoms in total. The van der Waals surface area contributed by atoms with Crippen molar-refractivity contribution in [1.29, 1.82) is 0 Å². The van der Waals surface area contributed by atoms with Crippen LogP contribution in [0.25, 0.3) is 6.08 Å². The lowest BCUT2D eigenvalue weighted by Crippen LogP contribution is -2.10. The number of anilines is 1. The maximum absolute atomic E-state index is 11.4. The highest BCUT2D eigenvalue weighted by atomic mass is 16.4. The van der Waals surface area contributed by atoms with Gasteiger partial charge in [0.2, 0.25) is 5.91 Å². The molecule has 0 bridgehead atoms. The molecule has 0 aliphatic carbocycles. The first-order valence-corrected chi connectivity index (χ1v) is 5.36. The van der Waals surface area contributed by atoms with Gasteiger partial charge in [0.1, 0.15) is 0 Å². The molecule has 0 radical (unpaired) electrons. The Labute approximate surface area is 105 Å². The van der Waals surface area contributed by atoms with Gasteiger partial charge in [-0.2, -0.15) is 0 Å². The molecular weight excluding hydrogens is 230 g/mol. The van der Waals surface area contributed by atoms with Gasteiger partial charge < -0.3 is 10.4 Å². The lowest BCUT2D eigenvalue weighted by Gasteiger charge is -2.03. The van der Waals surface area contributed by atoms with Crippen molar-refractivity contribution < 1.29 is 14.7 Å². The molecule has 0 aliphatic rings. The number of hydrogen-bond acceptors (Lipinski definition) is 2. The Morgan fingerprint density at radius 1 is 1.33 bits per heavy atom. The summed E-state index contributed by atoms with van der Waals surface area (Å²) in [6.45, 7) is 0. The summed E-state index contributed by atoms with van der Waals surface area (Å²) in [6, 6.07) is 6.84. The predicted octanol–water partition coefficient (Wildman–Crippen LogP) is 2.14. The molecule has 4 heteroatoms. The van der Waals surface area contributed by atoms with Gasteiger partial charge in [0.25, 0.3) is 0 Å². The number of hydrogen-bond donors (Lipinski definition) is 2. The van der Waals surface area contributed by atoms with Gasteiger partial charge in [-0.15, -0.1) is 12.3 Å². The molecule has 1 amide bonds. The van der Waals surface area contributed by atoms with Gasteiger partial charge in [-0.1, -0.05) is 12.1 Å². The molecule has 0 fully saturated rings. The van der Waals surface area contributed by atoms with Crippen molar-refractivity contribution in [2.75, 3.05) is 5.32 Å². The zero-order valence-electron chi connectivity index (χ0n) is 9.72. The van der Waals surface area contributed by atoms with E-state index >= 15 is 0 Å². The third-order valence-electron chi connectivity index (χ3n) is 2.11. The lowest BCUT2D eigenvalue weighted by molar-refractivity contribution is -0.131. The first-order valence-electron chi connectivity index (χ1n) is 5.36. The van der Waals surface area contributed by atoms with Crippen molar-refractivity contribution in [3.63, 3.8) is 0 Å². The van der Waals surface area contributed by atoms with Crippen LogP contribution in [0.15, 0.2) is 30.3 Å². The van der Waals surface area contributed by atoms with Crippen LogP contribution in [0.4, 0.5) is 5.69 Å². The summed E-state index contributed by atoms with van der Waals surface area (Å²) in [5.74, 6) is 1.26.